The largest absolute Gasteiger partial charge is 0.279 e. The van der Waals surface area contributed by atoms with Gasteiger partial charge in [-0.3, -0.25) is 0 Å². The fraction of sp³-hybridized carbons (Fsp3) is 0.700. The number of aryl methyl sites for hydroxylation is 1. The average molecular weight is 200 g/mol. The monoisotopic (exact) mass is 200 g/mol. The van der Waals surface area contributed by atoms with Crippen molar-refractivity contribution < 1.29 is 4.57 Å². The van der Waals surface area contributed by atoms with Gasteiger partial charge in [0, 0.05) is 0 Å². The summed E-state index contributed by atoms with van der Waals surface area (Å²) in [5, 5.41) is 0. The van der Waals surface area contributed by atoms with Crippen molar-refractivity contribution in [1.82, 2.24) is 4.34 Å². The van der Waals surface area contributed by atoms with Crippen LogP contribution in [0.25, 0.3) is 0 Å². The van der Waals surface area contributed by atoms with Crippen LogP contribution < -0.4 is 4.57 Å². The summed E-state index contributed by atoms with van der Waals surface area (Å²) in [4.78, 5) is 0. The summed E-state index contributed by atoms with van der Waals surface area (Å²) in [6, 6.07) is 0. The van der Waals surface area contributed by atoms with E-state index in [2.05, 4.69) is 55.4 Å². The molecule has 0 saturated heterocycles. The van der Waals surface area contributed by atoms with Crippen molar-refractivity contribution in [1.29, 1.82) is 0 Å². The van der Waals surface area contributed by atoms with Gasteiger partial charge < -0.3 is 0 Å². The molecule has 0 radical (unpaired) electrons. The van der Waals surface area contributed by atoms with Crippen LogP contribution >= 0.6 is 7.41 Å². The van der Waals surface area contributed by atoms with Gasteiger partial charge in [0.1, 0.15) is 6.20 Å². The third-order valence-corrected chi connectivity index (χ3v) is 7.76. The van der Waals surface area contributed by atoms with Crippen LogP contribution in [0.5, 0.6) is 0 Å². The van der Waals surface area contributed by atoms with Gasteiger partial charge in [-0.1, -0.05) is 0 Å². The van der Waals surface area contributed by atoms with Crippen LogP contribution in [0.4, 0.5) is 0 Å². The number of hydrogen-bond acceptors (Lipinski definition) is 0. The van der Waals surface area contributed by atoms with E-state index in [0.717, 1.165) is 0 Å². The lowest BCUT2D eigenvalue weighted by molar-refractivity contribution is -0.670. The molecular formula is C10H21N2P+2. The smallest absolute Gasteiger partial charge is 0.236 e. The number of aromatic nitrogens is 2. The summed E-state index contributed by atoms with van der Waals surface area (Å²) in [6.07, 6.45) is 10.5. The second-order valence-electron chi connectivity index (χ2n) is 3.50. The molecule has 1 aromatic rings. The molecule has 0 bridgehead atoms. The topological polar surface area (TPSA) is 8.81 Å². The highest BCUT2D eigenvalue weighted by atomic mass is 31.2. The SMILES string of the molecule is CC[P+](CC)(CC)n1cc[n+](C)c1. The van der Waals surface area contributed by atoms with E-state index < -0.39 is 7.41 Å². The maximum atomic E-state index is 2.47. The first-order valence-corrected chi connectivity index (χ1v) is 7.38. The molecule has 1 heterocycles. The van der Waals surface area contributed by atoms with E-state index in [0.29, 0.717) is 0 Å². The van der Waals surface area contributed by atoms with Crippen molar-refractivity contribution in [2.75, 3.05) is 18.5 Å². The fourth-order valence-corrected chi connectivity index (χ4v) is 4.89. The van der Waals surface area contributed by atoms with E-state index in [1.807, 2.05) is 0 Å². The van der Waals surface area contributed by atoms with Crippen LogP contribution in [-0.4, -0.2) is 22.8 Å². The molecule has 0 spiro atoms. The van der Waals surface area contributed by atoms with E-state index >= 15 is 0 Å². The second kappa shape index (κ2) is 4.23. The Labute approximate surface area is 82.0 Å². The van der Waals surface area contributed by atoms with Crippen molar-refractivity contribution in [3.8, 4) is 0 Å². The maximum Gasteiger partial charge on any atom is 0.279 e. The Hall–Kier alpha value is -0.360. The quantitative estimate of drug-likeness (QED) is 0.520. The van der Waals surface area contributed by atoms with Gasteiger partial charge in [-0.05, 0) is 20.8 Å². The van der Waals surface area contributed by atoms with Gasteiger partial charge in [-0.2, -0.15) is 0 Å². The van der Waals surface area contributed by atoms with Crippen molar-refractivity contribution in [2.45, 2.75) is 20.8 Å². The van der Waals surface area contributed by atoms with Gasteiger partial charge in [0.25, 0.3) is 6.33 Å². The standard InChI is InChI=1S/C10H21N2P/c1-5-13(6-2,7-3)12-9-8-11(4)10-12/h8-10H,5-7H2,1-4H3/q+2. The van der Waals surface area contributed by atoms with Crippen LogP contribution in [-0.2, 0) is 7.05 Å². The number of nitrogens with zero attached hydrogens (tertiary/aromatic N) is 2. The molecule has 1 aromatic heterocycles. The highest BCUT2D eigenvalue weighted by Gasteiger charge is 2.38. The zero-order valence-corrected chi connectivity index (χ0v) is 10.1. The third kappa shape index (κ3) is 1.94. The predicted molar refractivity (Wildman–Crippen MR) is 59.5 cm³/mol. The lowest BCUT2D eigenvalue weighted by atomic mass is 10.9. The molecule has 3 heteroatoms. The van der Waals surface area contributed by atoms with Gasteiger partial charge >= 0.3 is 0 Å². The molecule has 74 valence electrons. The Morgan fingerprint density at radius 2 is 1.69 bits per heavy atom. The van der Waals surface area contributed by atoms with Crippen molar-refractivity contribution in [3.63, 3.8) is 0 Å². The molecule has 0 saturated carbocycles. The Morgan fingerprint density at radius 1 is 1.15 bits per heavy atom. The normalized spacial score (nSPS) is 12.0. The van der Waals surface area contributed by atoms with Crippen LogP contribution in [0.15, 0.2) is 18.7 Å². The lowest BCUT2D eigenvalue weighted by Gasteiger charge is -2.17. The minimum Gasteiger partial charge on any atom is -0.236 e. The Bertz CT molecular complexity index is 255. The van der Waals surface area contributed by atoms with Crippen LogP contribution in [0.3, 0.4) is 0 Å². The molecule has 0 unspecified atom stereocenters. The highest BCUT2D eigenvalue weighted by Crippen LogP contribution is 2.58. The van der Waals surface area contributed by atoms with Gasteiger partial charge in [0.05, 0.1) is 25.5 Å². The first kappa shape index (κ1) is 10.7. The summed E-state index contributed by atoms with van der Waals surface area (Å²) in [5.41, 5.74) is 0. The summed E-state index contributed by atoms with van der Waals surface area (Å²) >= 11 is 0. The molecule has 0 atom stereocenters. The summed E-state index contributed by atoms with van der Waals surface area (Å²) in [7, 11) is 1.21. The molecule has 0 aliphatic carbocycles. The molecule has 0 amide bonds. The number of rotatable bonds is 4. The molecular weight excluding hydrogens is 179 g/mol. The van der Waals surface area contributed by atoms with E-state index in [4.69, 9.17) is 0 Å². The fourth-order valence-electron chi connectivity index (χ4n) is 1.85. The molecule has 0 N–H and O–H groups in total. The van der Waals surface area contributed by atoms with Crippen LogP contribution in [0.2, 0.25) is 0 Å². The zero-order valence-electron chi connectivity index (χ0n) is 9.20. The van der Waals surface area contributed by atoms with E-state index in [-0.39, 0.29) is 0 Å². The predicted octanol–water partition coefficient (Wildman–Crippen LogP) is 2.15. The minimum atomic E-state index is -0.875. The third-order valence-electron chi connectivity index (χ3n) is 3.01. The molecule has 0 aromatic carbocycles. The maximum absolute atomic E-state index is 2.47. The Balaban J connectivity index is 3.00. The molecule has 13 heavy (non-hydrogen) atoms. The van der Waals surface area contributed by atoms with E-state index in [1.54, 1.807) is 0 Å². The van der Waals surface area contributed by atoms with Gasteiger partial charge in [0.2, 0.25) is 0 Å². The molecule has 0 fully saturated rings. The molecule has 2 nitrogen and oxygen atoms in total. The molecule has 1 rings (SSSR count). The van der Waals surface area contributed by atoms with Crippen molar-refractivity contribution in [3.05, 3.63) is 18.7 Å². The van der Waals surface area contributed by atoms with Gasteiger partial charge in [-0.25, -0.2) is 4.57 Å². The summed E-state index contributed by atoms with van der Waals surface area (Å²) in [5.74, 6) is 0. The molecule has 0 aliphatic rings. The zero-order chi connectivity index (χ0) is 9.90. The van der Waals surface area contributed by atoms with Crippen molar-refractivity contribution >= 4 is 7.41 Å². The summed E-state index contributed by atoms with van der Waals surface area (Å²) < 4.78 is 4.60. The number of imidazole rings is 1. The Kier molecular flexibility index (Phi) is 3.49. The van der Waals surface area contributed by atoms with Crippen LogP contribution in [0.1, 0.15) is 20.8 Å². The highest BCUT2D eigenvalue weighted by molar-refractivity contribution is 7.74. The molecule has 0 aliphatic heterocycles. The Morgan fingerprint density at radius 3 is 2.00 bits per heavy atom. The van der Waals surface area contributed by atoms with Crippen LogP contribution in [0, 0.1) is 0 Å². The first-order chi connectivity index (χ1) is 6.18. The average Bonchev–Trinajstić information content (AvgIpc) is 2.57. The lowest BCUT2D eigenvalue weighted by Crippen LogP contribution is -2.24. The first-order valence-electron chi connectivity index (χ1n) is 5.08. The van der Waals surface area contributed by atoms with Crippen molar-refractivity contribution in [2.24, 2.45) is 7.05 Å². The van der Waals surface area contributed by atoms with Gasteiger partial charge in [-0.15, -0.1) is 4.34 Å². The summed E-state index contributed by atoms with van der Waals surface area (Å²) in [6.45, 7) is 6.96. The second-order valence-corrected chi connectivity index (χ2v) is 8.05. The van der Waals surface area contributed by atoms with E-state index in [9.17, 15) is 0 Å². The minimum absolute atomic E-state index is 0.875. The van der Waals surface area contributed by atoms with E-state index in [1.165, 1.54) is 18.5 Å². The number of hydrogen-bond donors (Lipinski definition) is 0. The van der Waals surface area contributed by atoms with Gasteiger partial charge in [0.15, 0.2) is 13.6 Å².